The fourth-order valence-electron chi connectivity index (χ4n) is 17.7. The Hall–Kier alpha value is -1.75. The predicted molar refractivity (Wildman–Crippen MR) is 288 cm³/mol. The lowest BCUT2D eigenvalue weighted by atomic mass is 9.33. The fraction of sp³-hybridized carbons (Fsp3) is 0.949. The van der Waals surface area contributed by atoms with Gasteiger partial charge in [-0.25, -0.2) is 0 Å². The minimum atomic E-state index is -2.13. The Morgan fingerprint density at radius 1 is 0.541 bits per heavy atom. The van der Waals surface area contributed by atoms with Crippen molar-refractivity contribution in [2.45, 2.75) is 273 Å². The van der Waals surface area contributed by atoms with E-state index in [0.717, 1.165) is 38.5 Å². The highest BCUT2D eigenvalue weighted by molar-refractivity contribution is 5.76. The van der Waals surface area contributed by atoms with Crippen LogP contribution in [0.15, 0.2) is 11.6 Å². The summed E-state index contributed by atoms with van der Waals surface area (Å²) in [6.45, 7) is 13.9. The molecule has 5 heterocycles. The average Bonchev–Trinajstić information content (AvgIpc) is 0.684. The number of carboxylic acids is 1. The lowest BCUT2D eigenvalue weighted by Crippen LogP contribution is -2.68. The molecule has 26 heteroatoms. The number of aliphatic hydroxyl groups is 14. The average molecular weight is 1220 g/mol. The van der Waals surface area contributed by atoms with E-state index in [1.54, 1.807) is 0 Å². The predicted octanol–water partition coefficient (Wildman–Crippen LogP) is -1.98. The molecule has 0 spiro atoms. The minimum absolute atomic E-state index is 0.0156. The van der Waals surface area contributed by atoms with E-state index in [2.05, 4.69) is 40.7 Å². The number of aliphatic carboxylic acids is 1. The number of aliphatic hydroxyl groups excluding tert-OH is 14. The second-order valence-electron chi connectivity index (χ2n) is 28.5. The van der Waals surface area contributed by atoms with Crippen LogP contribution in [0.5, 0.6) is 0 Å². The van der Waals surface area contributed by atoms with Crippen LogP contribution in [0.25, 0.3) is 0 Å². The van der Waals surface area contributed by atoms with Crippen molar-refractivity contribution in [3.8, 4) is 0 Å². The van der Waals surface area contributed by atoms with Gasteiger partial charge in [-0.05, 0) is 117 Å². The standard InChI is InChI=1S/C59H96O26/c1-24-34(64)38(68)40(70)48(77-24)84-46-43(73)51(80-30(21-61)44(46)82-49-41(71)39(69)37(67)29(20-60)79-49)83-45-35(65)25(2)78-50(42(45)72)85-47-36(66)28(63)22-76-52(47)81-33-12-13-55(5)31(56(33,6)23-62)11-14-58(8)32(55)10-9-26-27-19-54(3,4)15-17-59(27,53(74)75)18-16-57(26,58)7/h9,24-25,27-52,60-73H,10-23H2,1-8H3,(H,74,75)/t24-,25-,27+,28-,29-,30+,31+,32+,33-,34-,35-,36+,37-,38+,39+,40-,41-,42-,43+,44+,45+,46+,47-,48+,49+,50+,51-,52+,55-,56-,57+,58+,59+/m0/s1. The molecule has 15 N–H and O–H groups in total. The number of ether oxygens (including phenoxy) is 10. The molecule has 0 radical (unpaired) electrons. The summed E-state index contributed by atoms with van der Waals surface area (Å²) in [4.78, 5) is 13.2. The van der Waals surface area contributed by atoms with Crippen LogP contribution in [-0.2, 0) is 52.2 Å². The van der Waals surface area contributed by atoms with Crippen LogP contribution >= 0.6 is 0 Å². The maximum Gasteiger partial charge on any atom is 0.310 e. The lowest BCUT2D eigenvalue weighted by Gasteiger charge is -2.71. The van der Waals surface area contributed by atoms with Crippen molar-refractivity contribution >= 4 is 5.97 Å². The third-order valence-electron chi connectivity index (χ3n) is 23.3. The molecular weight excluding hydrogens is 1120 g/mol. The third kappa shape index (κ3) is 11.0. The van der Waals surface area contributed by atoms with E-state index in [1.165, 1.54) is 19.4 Å². The topological polar surface area (TPSA) is 413 Å². The molecule has 33 atom stereocenters. The van der Waals surface area contributed by atoms with Gasteiger partial charge in [0.05, 0.1) is 50.2 Å². The smallest absolute Gasteiger partial charge is 0.310 e. The van der Waals surface area contributed by atoms with Crippen LogP contribution in [0.3, 0.4) is 0 Å². The van der Waals surface area contributed by atoms with Gasteiger partial charge in [0.25, 0.3) is 0 Å². The maximum absolute atomic E-state index is 13.2. The van der Waals surface area contributed by atoms with E-state index >= 15 is 0 Å². The van der Waals surface area contributed by atoms with Crippen molar-refractivity contribution in [3.05, 3.63) is 11.6 Å². The summed E-state index contributed by atoms with van der Waals surface area (Å²) in [6.07, 6.45) is -32.8. The van der Waals surface area contributed by atoms with Gasteiger partial charge in [0.2, 0.25) is 0 Å². The van der Waals surface area contributed by atoms with Crippen LogP contribution in [0.1, 0.15) is 120 Å². The Morgan fingerprint density at radius 3 is 1.74 bits per heavy atom. The Labute approximate surface area is 494 Å². The maximum atomic E-state index is 13.2. The first kappa shape index (κ1) is 66.2. The van der Waals surface area contributed by atoms with E-state index in [4.69, 9.17) is 47.4 Å². The second-order valence-corrected chi connectivity index (χ2v) is 28.5. The molecule has 5 saturated heterocycles. The molecule has 85 heavy (non-hydrogen) atoms. The molecule has 26 nitrogen and oxygen atoms in total. The van der Waals surface area contributed by atoms with Gasteiger partial charge < -0.3 is 124 Å². The molecular formula is C59H96O26. The molecule has 5 aliphatic heterocycles. The first-order valence-corrected chi connectivity index (χ1v) is 30.6. The molecule has 10 rings (SSSR count). The van der Waals surface area contributed by atoms with Gasteiger partial charge in [-0.15, -0.1) is 0 Å². The van der Waals surface area contributed by atoms with Crippen LogP contribution < -0.4 is 0 Å². The number of carbonyl (C=O) groups is 1. The van der Waals surface area contributed by atoms with Gasteiger partial charge in [-0.2, -0.15) is 0 Å². The van der Waals surface area contributed by atoms with E-state index < -0.39 is 184 Å². The number of fused-ring (bicyclic) bond motifs is 7. The molecule has 0 aromatic carbocycles. The molecule has 10 aliphatic rings. The lowest BCUT2D eigenvalue weighted by molar-refractivity contribution is -0.403. The summed E-state index contributed by atoms with van der Waals surface area (Å²) in [5, 5.41) is 166. The second kappa shape index (κ2) is 24.4. The molecule has 5 aliphatic carbocycles. The summed E-state index contributed by atoms with van der Waals surface area (Å²) >= 11 is 0. The molecule has 0 amide bonds. The first-order chi connectivity index (χ1) is 39.9. The van der Waals surface area contributed by atoms with E-state index in [-0.39, 0.29) is 52.6 Å². The normalized spacial score (nSPS) is 55.3. The summed E-state index contributed by atoms with van der Waals surface area (Å²) in [6, 6.07) is 0. The van der Waals surface area contributed by atoms with Gasteiger partial charge in [-0.1, -0.05) is 53.2 Å². The van der Waals surface area contributed by atoms with Crippen molar-refractivity contribution in [1.82, 2.24) is 0 Å². The summed E-state index contributed by atoms with van der Waals surface area (Å²) in [7, 11) is 0. The molecule has 9 fully saturated rings. The van der Waals surface area contributed by atoms with Gasteiger partial charge in [0, 0.05) is 5.41 Å². The number of hydrogen-bond acceptors (Lipinski definition) is 25. The first-order valence-electron chi connectivity index (χ1n) is 30.6. The zero-order chi connectivity index (χ0) is 62.0. The summed E-state index contributed by atoms with van der Waals surface area (Å²) < 4.78 is 60.7. The molecule has 0 aromatic heterocycles. The molecule has 4 saturated carbocycles. The third-order valence-corrected chi connectivity index (χ3v) is 23.3. The Balaban J connectivity index is 0.868. The van der Waals surface area contributed by atoms with Crippen LogP contribution in [0.2, 0.25) is 0 Å². The van der Waals surface area contributed by atoms with Crippen molar-refractivity contribution in [3.63, 3.8) is 0 Å². The highest BCUT2D eigenvalue weighted by atomic mass is 16.8. The number of carboxylic acid groups (broad SMARTS) is 1. The van der Waals surface area contributed by atoms with Crippen molar-refractivity contribution < 1.29 is 129 Å². The largest absolute Gasteiger partial charge is 0.481 e. The van der Waals surface area contributed by atoms with Gasteiger partial charge in [0.15, 0.2) is 31.5 Å². The van der Waals surface area contributed by atoms with Crippen molar-refractivity contribution in [2.24, 2.45) is 50.2 Å². The van der Waals surface area contributed by atoms with Crippen LogP contribution in [0.4, 0.5) is 0 Å². The number of rotatable bonds is 14. The van der Waals surface area contributed by atoms with Crippen LogP contribution in [-0.4, -0.2) is 263 Å². The monoisotopic (exact) mass is 1220 g/mol. The molecule has 0 bridgehead atoms. The van der Waals surface area contributed by atoms with E-state index in [0.29, 0.717) is 25.7 Å². The Bertz CT molecular complexity index is 2370. The number of allylic oxidation sites excluding steroid dienone is 2. The van der Waals surface area contributed by atoms with Gasteiger partial charge in [-0.3, -0.25) is 4.79 Å². The van der Waals surface area contributed by atoms with Gasteiger partial charge >= 0.3 is 5.97 Å². The highest BCUT2D eigenvalue weighted by Gasteiger charge is 2.70. The Morgan fingerprint density at radius 2 is 1.09 bits per heavy atom. The van der Waals surface area contributed by atoms with Crippen LogP contribution in [0, 0.1) is 50.2 Å². The summed E-state index contributed by atoms with van der Waals surface area (Å²) in [5.74, 6) is -0.617. The van der Waals surface area contributed by atoms with Gasteiger partial charge in [0.1, 0.15) is 104 Å². The zero-order valence-electron chi connectivity index (χ0n) is 49.8. The Kier molecular flexibility index (Phi) is 19.0. The SMILES string of the molecule is C[C@@H]1O[C@H](O[C@@H]2[C@@H](O)[C@H](O[C@H]3[C@H](O)[C@@H](O[C@@H]4[C@@H](O[C@H]5CC[C@@]6(C)[C@@H](CC[C@]7(C)[C@@H]6CC=C6[C@H]8CC(C)(C)CC[C@@]8(C(=O)O)CC[C@]67C)[C@]5(C)CO)OC[C@H](O)[C@H]4O)O[C@@H](C)[C@@H]3O)O[C@H](CO)[C@H]2O[C@H]2O[C@@H](CO)[C@H](O)[C@@H](O)[C@@H]2O)[C@@H](O)[C@H](O)[C@H]1O. The molecule has 488 valence electrons. The van der Waals surface area contributed by atoms with Crippen molar-refractivity contribution in [1.29, 1.82) is 0 Å². The van der Waals surface area contributed by atoms with Crippen molar-refractivity contribution in [2.75, 3.05) is 26.4 Å². The number of hydrogen-bond donors (Lipinski definition) is 15. The molecule has 0 aromatic rings. The summed E-state index contributed by atoms with van der Waals surface area (Å²) in [5.41, 5.74) is -1.04. The fourth-order valence-corrected chi connectivity index (χ4v) is 17.7. The molecule has 0 unspecified atom stereocenters. The van der Waals surface area contributed by atoms with E-state index in [1.807, 2.05) is 6.92 Å². The minimum Gasteiger partial charge on any atom is -0.481 e. The van der Waals surface area contributed by atoms with E-state index in [9.17, 15) is 81.4 Å². The quantitative estimate of drug-likeness (QED) is 0.0662. The highest BCUT2D eigenvalue weighted by Crippen LogP contribution is 2.76. The zero-order valence-corrected chi connectivity index (χ0v) is 49.8.